The topological polar surface area (TPSA) is 22.1 Å². The number of aromatic nitrogens is 1. The average molecular weight is 273 g/mol. The van der Waals surface area contributed by atoms with Gasteiger partial charge in [0.25, 0.3) is 0 Å². The Labute approximate surface area is 123 Å². The zero-order valence-electron chi connectivity index (χ0n) is 13.8. The summed E-state index contributed by atoms with van der Waals surface area (Å²) in [6.07, 6.45) is 4.23. The predicted octanol–water partition coefficient (Wildman–Crippen LogP) is 5.03. The van der Waals surface area contributed by atoms with E-state index in [0.29, 0.717) is 17.8 Å². The SMILES string of the molecule is Cc1ncc(C(C)C)c2c1[C@H](C)[C@H](C)OC=C2C(C)C. The minimum Gasteiger partial charge on any atom is -0.497 e. The van der Waals surface area contributed by atoms with Crippen molar-refractivity contribution in [2.75, 3.05) is 0 Å². The van der Waals surface area contributed by atoms with Crippen LogP contribution in [0, 0.1) is 12.8 Å². The summed E-state index contributed by atoms with van der Waals surface area (Å²) in [5.41, 5.74) is 6.56. The molecule has 2 rings (SSSR count). The first kappa shape index (κ1) is 15.1. The normalized spacial score (nSPS) is 22.4. The first-order valence-corrected chi connectivity index (χ1v) is 7.69. The fourth-order valence-electron chi connectivity index (χ4n) is 2.97. The average Bonchev–Trinajstić information content (AvgIpc) is 2.49. The Morgan fingerprint density at radius 2 is 1.75 bits per heavy atom. The van der Waals surface area contributed by atoms with E-state index in [0.717, 1.165) is 5.69 Å². The Kier molecular flexibility index (Phi) is 4.22. The van der Waals surface area contributed by atoms with E-state index in [-0.39, 0.29) is 6.10 Å². The van der Waals surface area contributed by atoms with Gasteiger partial charge in [-0.15, -0.1) is 0 Å². The maximum absolute atomic E-state index is 5.97. The molecule has 2 heterocycles. The molecule has 1 aliphatic rings. The predicted molar refractivity (Wildman–Crippen MR) is 84.8 cm³/mol. The largest absolute Gasteiger partial charge is 0.497 e. The number of rotatable bonds is 2. The summed E-state index contributed by atoms with van der Waals surface area (Å²) in [7, 11) is 0. The van der Waals surface area contributed by atoms with Crippen LogP contribution in [-0.2, 0) is 4.74 Å². The van der Waals surface area contributed by atoms with Crippen molar-refractivity contribution >= 4 is 5.57 Å². The number of aryl methyl sites for hydroxylation is 1. The van der Waals surface area contributed by atoms with Gasteiger partial charge in [0.1, 0.15) is 6.10 Å². The van der Waals surface area contributed by atoms with E-state index in [2.05, 4.69) is 59.6 Å². The van der Waals surface area contributed by atoms with Gasteiger partial charge in [-0.3, -0.25) is 4.98 Å². The highest BCUT2D eigenvalue weighted by atomic mass is 16.5. The summed E-state index contributed by atoms with van der Waals surface area (Å²) >= 11 is 0. The van der Waals surface area contributed by atoms with Crippen molar-refractivity contribution in [2.24, 2.45) is 5.92 Å². The van der Waals surface area contributed by atoms with Crippen molar-refractivity contribution in [2.45, 2.75) is 66.4 Å². The van der Waals surface area contributed by atoms with Gasteiger partial charge < -0.3 is 4.74 Å². The summed E-state index contributed by atoms with van der Waals surface area (Å²) in [6.45, 7) is 15.5. The Morgan fingerprint density at radius 1 is 1.10 bits per heavy atom. The molecule has 0 N–H and O–H groups in total. The molecule has 0 amide bonds. The van der Waals surface area contributed by atoms with E-state index in [9.17, 15) is 0 Å². The van der Waals surface area contributed by atoms with Crippen molar-refractivity contribution in [1.82, 2.24) is 4.98 Å². The summed E-state index contributed by atoms with van der Waals surface area (Å²) < 4.78 is 5.97. The Bertz CT molecular complexity index is 528. The number of ether oxygens (including phenoxy) is 1. The van der Waals surface area contributed by atoms with E-state index in [1.165, 1.54) is 22.3 Å². The van der Waals surface area contributed by atoms with Crippen LogP contribution in [0.1, 0.15) is 75.8 Å². The molecule has 0 bridgehead atoms. The van der Waals surface area contributed by atoms with Gasteiger partial charge in [-0.1, -0.05) is 34.6 Å². The minimum atomic E-state index is 0.188. The minimum absolute atomic E-state index is 0.188. The molecule has 20 heavy (non-hydrogen) atoms. The van der Waals surface area contributed by atoms with Gasteiger partial charge in [-0.2, -0.15) is 0 Å². The molecule has 1 aliphatic heterocycles. The van der Waals surface area contributed by atoms with Crippen molar-refractivity contribution in [3.8, 4) is 0 Å². The van der Waals surface area contributed by atoms with Gasteiger partial charge in [0.15, 0.2) is 0 Å². The third-order valence-electron chi connectivity index (χ3n) is 4.45. The van der Waals surface area contributed by atoms with Crippen LogP contribution in [0.5, 0.6) is 0 Å². The third-order valence-corrected chi connectivity index (χ3v) is 4.45. The number of hydrogen-bond acceptors (Lipinski definition) is 2. The van der Waals surface area contributed by atoms with E-state index < -0.39 is 0 Å². The number of allylic oxidation sites excluding steroid dienone is 1. The van der Waals surface area contributed by atoms with Crippen LogP contribution in [0.15, 0.2) is 12.5 Å². The van der Waals surface area contributed by atoms with Crippen LogP contribution < -0.4 is 0 Å². The summed E-state index contributed by atoms with van der Waals surface area (Å²) in [6, 6.07) is 0. The highest BCUT2D eigenvalue weighted by Gasteiger charge is 2.29. The highest BCUT2D eigenvalue weighted by molar-refractivity contribution is 5.73. The first-order chi connectivity index (χ1) is 9.34. The number of pyridine rings is 1. The molecular formula is C18H27NO. The van der Waals surface area contributed by atoms with Crippen LogP contribution in [0.4, 0.5) is 0 Å². The second kappa shape index (κ2) is 5.59. The molecule has 0 spiro atoms. The molecular weight excluding hydrogens is 246 g/mol. The van der Waals surface area contributed by atoms with E-state index in [4.69, 9.17) is 4.74 Å². The molecule has 0 aromatic carbocycles. The fraction of sp³-hybridized carbons (Fsp3) is 0.611. The molecule has 0 aliphatic carbocycles. The smallest absolute Gasteiger partial charge is 0.102 e. The monoisotopic (exact) mass is 273 g/mol. The maximum atomic E-state index is 5.97. The maximum Gasteiger partial charge on any atom is 0.102 e. The van der Waals surface area contributed by atoms with Crippen LogP contribution in [-0.4, -0.2) is 11.1 Å². The molecule has 0 saturated carbocycles. The van der Waals surface area contributed by atoms with Crippen LogP contribution in [0.3, 0.4) is 0 Å². The van der Waals surface area contributed by atoms with Gasteiger partial charge in [-0.25, -0.2) is 0 Å². The molecule has 1 aromatic rings. The van der Waals surface area contributed by atoms with E-state index >= 15 is 0 Å². The second-order valence-corrected chi connectivity index (χ2v) is 6.60. The summed E-state index contributed by atoms with van der Waals surface area (Å²) in [5.74, 6) is 1.29. The molecule has 0 unspecified atom stereocenters. The Morgan fingerprint density at radius 3 is 2.30 bits per heavy atom. The number of hydrogen-bond donors (Lipinski definition) is 0. The van der Waals surface area contributed by atoms with Crippen LogP contribution in [0.25, 0.3) is 5.57 Å². The third kappa shape index (κ3) is 2.48. The quantitative estimate of drug-likeness (QED) is 0.753. The molecule has 0 saturated heterocycles. The molecule has 2 atom stereocenters. The zero-order chi connectivity index (χ0) is 15.0. The zero-order valence-corrected chi connectivity index (χ0v) is 13.8. The van der Waals surface area contributed by atoms with Crippen molar-refractivity contribution < 1.29 is 4.74 Å². The number of nitrogens with zero attached hydrogens (tertiary/aromatic N) is 1. The molecule has 0 fully saturated rings. The summed E-state index contributed by atoms with van der Waals surface area (Å²) in [4.78, 5) is 4.65. The van der Waals surface area contributed by atoms with E-state index in [1.807, 2.05) is 6.26 Å². The van der Waals surface area contributed by atoms with Gasteiger partial charge in [0, 0.05) is 17.8 Å². The lowest BCUT2D eigenvalue weighted by atomic mass is 9.81. The molecule has 0 radical (unpaired) electrons. The fourth-order valence-corrected chi connectivity index (χ4v) is 2.97. The van der Waals surface area contributed by atoms with Crippen LogP contribution >= 0.6 is 0 Å². The first-order valence-electron chi connectivity index (χ1n) is 7.69. The molecule has 2 heteroatoms. The summed E-state index contributed by atoms with van der Waals surface area (Å²) in [5, 5.41) is 0. The Balaban J connectivity index is 2.78. The standard InChI is InChI=1S/C18H27NO/c1-10(2)15-8-19-13(6)17-12(5)14(7)20-9-16(11(3)4)18(15)17/h8-12,14H,1-7H3/t12-,14+/m1/s1. The van der Waals surface area contributed by atoms with Crippen molar-refractivity contribution in [3.63, 3.8) is 0 Å². The second-order valence-electron chi connectivity index (χ2n) is 6.60. The van der Waals surface area contributed by atoms with Gasteiger partial charge in [0.2, 0.25) is 0 Å². The molecule has 1 aromatic heterocycles. The van der Waals surface area contributed by atoms with E-state index in [1.54, 1.807) is 0 Å². The van der Waals surface area contributed by atoms with Crippen LogP contribution in [0.2, 0.25) is 0 Å². The van der Waals surface area contributed by atoms with Gasteiger partial charge >= 0.3 is 0 Å². The van der Waals surface area contributed by atoms with Gasteiger partial charge in [0.05, 0.1) is 6.26 Å². The lowest BCUT2D eigenvalue weighted by Crippen LogP contribution is -2.16. The molecule has 2 nitrogen and oxygen atoms in total. The van der Waals surface area contributed by atoms with Gasteiger partial charge in [-0.05, 0) is 47.9 Å². The Hall–Kier alpha value is -1.31. The number of fused-ring (bicyclic) bond motifs is 1. The van der Waals surface area contributed by atoms with Crippen molar-refractivity contribution in [3.05, 3.63) is 34.8 Å². The lowest BCUT2D eigenvalue weighted by Gasteiger charge is -2.24. The van der Waals surface area contributed by atoms with Crippen molar-refractivity contribution in [1.29, 1.82) is 0 Å². The highest BCUT2D eigenvalue weighted by Crippen LogP contribution is 2.41. The lowest BCUT2D eigenvalue weighted by molar-refractivity contribution is 0.142. The molecule has 110 valence electrons.